The summed E-state index contributed by atoms with van der Waals surface area (Å²) < 4.78 is 6.17. The van der Waals surface area contributed by atoms with E-state index >= 15 is 0 Å². The van der Waals surface area contributed by atoms with Gasteiger partial charge >= 0.3 is 0 Å². The van der Waals surface area contributed by atoms with Crippen molar-refractivity contribution in [2.75, 3.05) is 73.6 Å². The molecule has 2 heterocycles. The number of rotatable bonds is 8. The van der Waals surface area contributed by atoms with Gasteiger partial charge in [-0.15, -0.1) is 0 Å². The van der Waals surface area contributed by atoms with Crippen molar-refractivity contribution >= 4 is 0 Å². The molecule has 2 atom stereocenters. The summed E-state index contributed by atoms with van der Waals surface area (Å²) in [6.45, 7) is 8.28. The molecule has 0 unspecified atom stereocenters. The first kappa shape index (κ1) is 20.6. The van der Waals surface area contributed by atoms with E-state index in [9.17, 15) is 5.11 Å². The molecule has 0 amide bonds. The van der Waals surface area contributed by atoms with Crippen LogP contribution in [0.15, 0.2) is 24.3 Å². The van der Waals surface area contributed by atoms with Gasteiger partial charge in [-0.05, 0) is 33.6 Å². The van der Waals surface area contributed by atoms with Gasteiger partial charge in [-0.25, -0.2) is 0 Å². The maximum absolute atomic E-state index is 9.79. The van der Waals surface area contributed by atoms with Crippen LogP contribution in [-0.4, -0.2) is 110 Å². The summed E-state index contributed by atoms with van der Waals surface area (Å²) in [5.74, 6) is 0.983. The number of likely N-dealkylation sites (N-methyl/N-ethyl adjacent to an activating group) is 2. The van der Waals surface area contributed by atoms with Gasteiger partial charge < -0.3 is 19.6 Å². The smallest absolute Gasteiger partial charge is 0.123 e. The van der Waals surface area contributed by atoms with Crippen molar-refractivity contribution in [2.45, 2.75) is 25.0 Å². The second kappa shape index (κ2) is 9.85. The van der Waals surface area contributed by atoms with Crippen molar-refractivity contribution in [3.05, 3.63) is 29.8 Å². The third kappa shape index (κ3) is 5.65. The summed E-state index contributed by atoms with van der Waals surface area (Å²) in [6, 6.07) is 9.10. The highest BCUT2D eigenvalue weighted by Crippen LogP contribution is 2.26. The largest absolute Gasteiger partial charge is 0.492 e. The minimum atomic E-state index is 0.219. The van der Waals surface area contributed by atoms with Crippen molar-refractivity contribution in [1.29, 1.82) is 0 Å². The highest BCUT2D eigenvalue weighted by Gasteiger charge is 2.32. The van der Waals surface area contributed by atoms with Gasteiger partial charge in [0.05, 0.1) is 6.61 Å². The molecule has 0 radical (unpaired) electrons. The fourth-order valence-electron chi connectivity index (χ4n) is 4.07. The molecule has 2 saturated heterocycles. The van der Waals surface area contributed by atoms with Crippen LogP contribution < -0.4 is 4.74 Å². The third-order valence-electron chi connectivity index (χ3n) is 6.05. The Morgan fingerprint density at radius 1 is 1.15 bits per heavy atom. The van der Waals surface area contributed by atoms with E-state index in [-0.39, 0.29) is 12.6 Å². The first-order chi connectivity index (χ1) is 13.1. The van der Waals surface area contributed by atoms with Crippen molar-refractivity contribution < 1.29 is 9.84 Å². The van der Waals surface area contributed by atoms with Gasteiger partial charge in [0.15, 0.2) is 0 Å². The van der Waals surface area contributed by atoms with E-state index in [1.807, 2.05) is 6.07 Å². The summed E-state index contributed by atoms with van der Waals surface area (Å²) in [4.78, 5) is 9.52. The quantitative estimate of drug-likeness (QED) is 0.724. The average molecular weight is 377 g/mol. The van der Waals surface area contributed by atoms with Crippen molar-refractivity contribution in [2.24, 2.45) is 0 Å². The number of piperazine rings is 1. The zero-order valence-corrected chi connectivity index (χ0v) is 17.2. The van der Waals surface area contributed by atoms with Gasteiger partial charge in [0.2, 0.25) is 0 Å². The van der Waals surface area contributed by atoms with Gasteiger partial charge in [-0.2, -0.15) is 0 Å². The molecule has 0 spiro atoms. The number of para-hydroxylation sites is 1. The molecular formula is C21H36N4O2. The molecule has 3 rings (SSSR count). The lowest BCUT2D eigenvalue weighted by Gasteiger charge is -2.32. The van der Waals surface area contributed by atoms with Crippen molar-refractivity contribution in [3.8, 4) is 5.75 Å². The zero-order valence-electron chi connectivity index (χ0n) is 17.2. The monoisotopic (exact) mass is 376 g/mol. The predicted octanol–water partition coefficient (Wildman–Crippen LogP) is 0.810. The molecule has 1 N–H and O–H groups in total. The van der Waals surface area contributed by atoms with E-state index in [0.29, 0.717) is 6.04 Å². The molecule has 152 valence electrons. The number of likely N-dealkylation sites (tertiary alicyclic amines) is 1. The molecule has 2 aliphatic heterocycles. The van der Waals surface area contributed by atoms with Crippen LogP contribution in [0.5, 0.6) is 5.75 Å². The summed E-state index contributed by atoms with van der Waals surface area (Å²) in [5, 5.41) is 9.79. The molecule has 27 heavy (non-hydrogen) atoms. The normalized spacial score (nSPS) is 25.4. The van der Waals surface area contributed by atoms with Crippen LogP contribution in [-0.2, 0) is 6.54 Å². The Hall–Kier alpha value is -1.18. The van der Waals surface area contributed by atoms with E-state index in [1.165, 1.54) is 5.56 Å². The van der Waals surface area contributed by atoms with Gasteiger partial charge in [-0.3, -0.25) is 9.80 Å². The average Bonchev–Trinajstić information content (AvgIpc) is 3.08. The molecule has 2 fully saturated rings. The summed E-state index contributed by atoms with van der Waals surface area (Å²) in [5.41, 5.74) is 1.22. The molecule has 6 heteroatoms. The van der Waals surface area contributed by atoms with E-state index in [1.54, 1.807) is 0 Å². The number of aliphatic hydroxyl groups excluding tert-OH is 1. The van der Waals surface area contributed by atoms with Crippen LogP contribution in [0.3, 0.4) is 0 Å². The molecule has 1 aromatic rings. The van der Waals surface area contributed by atoms with Crippen molar-refractivity contribution in [3.63, 3.8) is 0 Å². The standard InChI is InChI=1S/C21H36N4O2/c1-22(2)19-14-20(17-26)25(16-19)15-18-6-4-5-7-21(18)27-13-12-24-10-8-23(3)9-11-24/h4-7,19-20,26H,8-17H2,1-3H3/t19-,20+/m1/s1. The Labute approximate surface area is 164 Å². The fourth-order valence-corrected chi connectivity index (χ4v) is 4.07. The topological polar surface area (TPSA) is 42.4 Å². The number of nitrogens with zero attached hydrogens (tertiary/aromatic N) is 4. The molecule has 2 aliphatic rings. The molecule has 0 bridgehead atoms. The van der Waals surface area contributed by atoms with Crippen molar-refractivity contribution in [1.82, 2.24) is 19.6 Å². The number of benzene rings is 1. The Balaban J connectivity index is 1.54. The SMILES string of the molecule is CN1CCN(CCOc2ccccc2CN2C[C@H](N(C)C)C[C@H]2CO)CC1. The zero-order chi connectivity index (χ0) is 19.2. The van der Waals surface area contributed by atoms with E-state index in [4.69, 9.17) is 4.74 Å². The second-order valence-electron chi connectivity index (χ2n) is 8.22. The molecule has 1 aromatic carbocycles. The third-order valence-corrected chi connectivity index (χ3v) is 6.05. The molecule has 0 aromatic heterocycles. The van der Waals surface area contributed by atoms with E-state index in [0.717, 1.165) is 64.6 Å². The summed E-state index contributed by atoms with van der Waals surface area (Å²) >= 11 is 0. The number of ether oxygens (including phenoxy) is 1. The van der Waals surface area contributed by atoms with Gasteiger partial charge in [0.1, 0.15) is 12.4 Å². The Bertz CT molecular complexity index is 575. The first-order valence-corrected chi connectivity index (χ1v) is 10.2. The Kier molecular flexibility index (Phi) is 7.49. The van der Waals surface area contributed by atoms with Crippen LogP contribution in [0.4, 0.5) is 0 Å². The van der Waals surface area contributed by atoms with Gasteiger partial charge in [0, 0.05) is 63.5 Å². The minimum Gasteiger partial charge on any atom is -0.492 e. The van der Waals surface area contributed by atoms with Crippen LogP contribution in [0.1, 0.15) is 12.0 Å². The van der Waals surface area contributed by atoms with Gasteiger partial charge in [0.25, 0.3) is 0 Å². The molecule has 0 saturated carbocycles. The molecule has 6 nitrogen and oxygen atoms in total. The fraction of sp³-hybridized carbons (Fsp3) is 0.714. The number of aliphatic hydroxyl groups is 1. The van der Waals surface area contributed by atoms with Crippen LogP contribution in [0.2, 0.25) is 0 Å². The maximum atomic E-state index is 9.79. The van der Waals surface area contributed by atoms with Gasteiger partial charge in [-0.1, -0.05) is 18.2 Å². The highest BCUT2D eigenvalue weighted by atomic mass is 16.5. The molecule has 0 aliphatic carbocycles. The molecular weight excluding hydrogens is 340 g/mol. The lowest BCUT2D eigenvalue weighted by molar-refractivity contribution is 0.131. The lowest BCUT2D eigenvalue weighted by Crippen LogP contribution is -2.45. The summed E-state index contributed by atoms with van der Waals surface area (Å²) in [6.07, 6.45) is 1.02. The Morgan fingerprint density at radius 2 is 1.89 bits per heavy atom. The highest BCUT2D eigenvalue weighted by molar-refractivity contribution is 5.33. The lowest BCUT2D eigenvalue weighted by atomic mass is 10.1. The second-order valence-corrected chi connectivity index (χ2v) is 8.22. The number of hydrogen-bond donors (Lipinski definition) is 1. The van der Waals surface area contributed by atoms with E-state index < -0.39 is 0 Å². The van der Waals surface area contributed by atoms with E-state index in [2.05, 4.69) is 58.9 Å². The summed E-state index contributed by atoms with van der Waals surface area (Å²) in [7, 11) is 6.43. The van der Waals surface area contributed by atoms with Crippen LogP contribution in [0.25, 0.3) is 0 Å². The number of hydrogen-bond acceptors (Lipinski definition) is 6. The van der Waals surface area contributed by atoms with Crippen LogP contribution in [0, 0.1) is 0 Å². The predicted molar refractivity (Wildman–Crippen MR) is 109 cm³/mol. The first-order valence-electron chi connectivity index (χ1n) is 10.2. The Morgan fingerprint density at radius 3 is 2.59 bits per heavy atom. The minimum absolute atomic E-state index is 0.219. The van der Waals surface area contributed by atoms with Crippen LogP contribution >= 0.6 is 0 Å². The maximum Gasteiger partial charge on any atom is 0.123 e.